The number of fused-ring (bicyclic) bond motifs is 1. The second kappa shape index (κ2) is 5.21. The molecule has 0 aliphatic carbocycles. The summed E-state index contributed by atoms with van der Waals surface area (Å²) in [6.07, 6.45) is 0. The van der Waals surface area contributed by atoms with Crippen molar-refractivity contribution in [1.29, 1.82) is 0 Å². The lowest BCUT2D eigenvalue weighted by atomic mass is 10.2. The molecule has 0 unspecified atom stereocenters. The van der Waals surface area contributed by atoms with Crippen LogP contribution in [0, 0.1) is 6.92 Å². The van der Waals surface area contributed by atoms with Gasteiger partial charge in [0.15, 0.2) is 12.4 Å². The van der Waals surface area contributed by atoms with Crippen LogP contribution in [0.5, 0.6) is 5.75 Å². The quantitative estimate of drug-likeness (QED) is 0.670. The Hall–Kier alpha value is -2.55. The van der Waals surface area contributed by atoms with Crippen molar-refractivity contribution in [3.8, 4) is 5.75 Å². The van der Waals surface area contributed by atoms with E-state index in [2.05, 4.69) is 0 Å². The van der Waals surface area contributed by atoms with E-state index in [0.717, 1.165) is 16.7 Å². The molecule has 3 nitrogen and oxygen atoms in total. The van der Waals surface area contributed by atoms with Crippen LogP contribution in [0.1, 0.15) is 16.1 Å². The third-order valence-electron chi connectivity index (χ3n) is 3.15. The Labute approximate surface area is 116 Å². The molecule has 1 aromatic heterocycles. The first-order valence-corrected chi connectivity index (χ1v) is 6.44. The van der Waals surface area contributed by atoms with Gasteiger partial charge in [0.05, 0.1) is 0 Å². The third-order valence-corrected chi connectivity index (χ3v) is 3.15. The van der Waals surface area contributed by atoms with Crippen molar-refractivity contribution in [2.24, 2.45) is 0 Å². The number of carbonyl (C=O) groups is 1. The van der Waals surface area contributed by atoms with Gasteiger partial charge < -0.3 is 9.15 Å². The molecule has 0 aliphatic rings. The SMILES string of the molecule is Cc1ccccc1OCC(=O)c1cc2ccccc2o1. The third kappa shape index (κ3) is 2.43. The zero-order valence-corrected chi connectivity index (χ0v) is 11.1. The number of para-hydroxylation sites is 2. The standard InChI is InChI=1S/C17H14O3/c1-12-6-2-4-8-15(12)19-11-14(18)17-10-13-7-3-5-9-16(13)20-17/h2-10H,11H2,1H3. The van der Waals surface area contributed by atoms with Crippen LogP contribution >= 0.6 is 0 Å². The maximum Gasteiger partial charge on any atom is 0.235 e. The van der Waals surface area contributed by atoms with Gasteiger partial charge in [0.1, 0.15) is 11.3 Å². The first-order valence-electron chi connectivity index (χ1n) is 6.44. The number of ether oxygens (including phenoxy) is 1. The maximum absolute atomic E-state index is 12.1. The van der Waals surface area contributed by atoms with Crippen molar-refractivity contribution >= 4 is 16.8 Å². The topological polar surface area (TPSA) is 39.4 Å². The Morgan fingerprint density at radius 2 is 1.85 bits per heavy atom. The first-order chi connectivity index (χ1) is 9.74. The van der Waals surface area contributed by atoms with Crippen LogP contribution in [0.2, 0.25) is 0 Å². The summed E-state index contributed by atoms with van der Waals surface area (Å²) in [6, 6.07) is 16.9. The second-order valence-electron chi connectivity index (χ2n) is 4.63. The first kappa shape index (κ1) is 12.5. The van der Waals surface area contributed by atoms with Crippen molar-refractivity contribution in [1.82, 2.24) is 0 Å². The summed E-state index contributed by atoms with van der Waals surface area (Å²) in [6.45, 7) is 1.92. The van der Waals surface area contributed by atoms with Crippen molar-refractivity contribution in [2.75, 3.05) is 6.61 Å². The molecule has 0 aliphatic heterocycles. The second-order valence-corrected chi connectivity index (χ2v) is 4.63. The average molecular weight is 266 g/mol. The summed E-state index contributed by atoms with van der Waals surface area (Å²) in [5, 5.41) is 0.923. The number of furan rings is 1. The number of hydrogen-bond donors (Lipinski definition) is 0. The summed E-state index contributed by atoms with van der Waals surface area (Å²) in [4.78, 5) is 12.1. The monoisotopic (exact) mass is 266 g/mol. The fraction of sp³-hybridized carbons (Fsp3) is 0.118. The van der Waals surface area contributed by atoms with E-state index in [0.29, 0.717) is 11.3 Å². The summed E-state index contributed by atoms with van der Waals surface area (Å²) in [5.74, 6) is 0.890. The van der Waals surface area contributed by atoms with Crippen LogP contribution < -0.4 is 4.74 Å². The smallest absolute Gasteiger partial charge is 0.235 e. The number of benzene rings is 2. The molecule has 0 fully saturated rings. The van der Waals surface area contributed by atoms with Crippen molar-refractivity contribution in [3.63, 3.8) is 0 Å². The maximum atomic E-state index is 12.1. The van der Waals surface area contributed by atoms with Crippen LogP contribution in [-0.4, -0.2) is 12.4 Å². The fourth-order valence-electron chi connectivity index (χ4n) is 2.05. The molecule has 0 N–H and O–H groups in total. The summed E-state index contributed by atoms with van der Waals surface area (Å²) < 4.78 is 11.1. The van der Waals surface area contributed by atoms with E-state index in [-0.39, 0.29) is 12.4 Å². The van der Waals surface area contributed by atoms with E-state index in [1.807, 2.05) is 55.5 Å². The zero-order chi connectivity index (χ0) is 13.9. The molecule has 100 valence electrons. The molecule has 0 radical (unpaired) electrons. The van der Waals surface area contributed by atoms with Crippen LogP contribution in [0.25, 0.3) is 11.0 Å². The van der Waals surface area contributed by atoms with Gasteiger partial charge in [-0.2, -0.15) is 0 Å². The molecule has 0 saturated heterocycles. The molecule has 3 aromatic rings. The molecular weight excluding hydrogens is 252 g/mol. The number of Topliss-reactive ketones (excluding diaryl/α,β-unsaturated/α-hetero) is 1. The highest BCUT2D eigenvalue weighted by atomic mass is 16.5. The number of aryl methyl sites for hydroxylation is 1. The summed E-state index contributed by atoms with van der Waals surface area (Å²) in [7, 11) is 0. The van der Waals surface area contributed by atoms with Crippen molar-refractivity contribution in [2.45, 2.75) is 6.92 Å². The molecule has 0 spiro atoms. The lowest BCUT2D eigenvalue weighted by Crippen LogP contribution is -2.11. The van der Waals surface area contributed by atoms with Crippen molar-refractivity contribution < 1.29 is 13.9 Å². The van der Waals surface area contributed by atoms with Crippen LogP contribution in [-0.2, 0) is 0 Å². The van der Waals surface area contributed by atoms with Crippen LogP contribution in [0.15, 0.2) is 59.0 Å². The van der Waals surface area contributed by atoms with E-state index in [1.165, 1.54) is 0 Å². The molecule has 0 amide bonds. The van der Waals surface area contributed by atoms with Gasteiger partial charge in [-0.1, -0.05) is 36.4 Å². The van der Waals surface area contributed by atoms with Gasteiger partial charge in [-0.15, -0.1) is 0 Å². The molecule has 3 rings (SSSR count). The number of carbonyl (C=O) groups excluding carboxylic acids is 1. The molecule has 2 aromatic carbocycles. The average Bonchev–Trinajstić information content (AvgIpc) is 2.90. The Bertz CT molecular complexity index is 723. The molecule has 1 heterocycles. The number of ketones is 1. The van der Waals surface area contributed by atoms with Crippen LogP contribution in [0.4, 0.5) is 0 Å². The Morgan fingerprint density at radius 1 is 1.10 bits per heavy atom. The van der Waals surface area contributed by atoms with Gasteiger partial charge in [-0.3, -0.25) is 4.79 Å². The highest BCUT2D eigenvalue weighted by Crippen LogP contribution is 2.20. The highest BCUT2D eigenvalue weighted by molar-refractivity contribution is 5.98. The van der Waals surface area contributed by atoms with E-state index in [4.69, 9.17) is 9.15 Å². The molecule has 0 saturated carbocycles. The minimum absolute atomic E-state index is 0.0231. The molecule has 20 heavy (non-hydrogen) atoms. The predicted molar refractivity (Wildman–Crippen MR) is 77.2 cm³/mol. The van der Waals surface area contributed by atoms with Crippen molar-refractivity contribution in [3.05, 3.63) is 65.9 Å². The lowest BCUT2D eigenvalue weighted by Gasteiger charge is -2.06. The number of hydrogen-bond acceptors (Lipinski definition) is 3. The molecule has 0 atom stereocenters. The summed E-state index contributed by atoms with van der Waals surface area (Å²) >= 11 is 0. The molecule has 3 heteroatoms. The largest absolute Gasteiger partial charge is 0.485 e. The lowest BCUT2D eigenvalue weighted by molar-refractivity contribution is 0.0895. The van der Waals surface area contributed by atoms with Gasteiger partial charge in [0, 0.05) is 5.39 Å². The Morgan fingerprint density at radius 3 is 2.65 bits per heavy atom. The molecular formula is C17H14O3. The number of rotatable bonds is 4. The van der Waals surface area contributed by atoms with Gasteiger partial charge in [-0.25, -0.2) is 0 Å². The van der Waals surface area contributed by atoms with Crippen LogP contribution in [0.3, 0.4) is 0 Å². The van der Waals surface area contributed by atoms with Gasteiger partial charge in [0.25, 0.3) is 0 Å². The predicted octanol–water partition coefficient (Wildman–Crippen LogP) is 4.00. The van der Waals surface area contributed by atoms with E-state index in [9.17, 15) is 4.79 Å². The normalized spacial score (nSPS) is 10.7. The summed E-state index contributed by atoms with van der Waals surface area (Å²) in [5.41, 5.74) is 1.72. The highest BCUT2D eigenvalue weighted by Gasteiger charge is 2.13. The van der Waals surface area contributed by atoms with Gasteiger partial charge in [0.2, 0.25) is 5.78 Å². The minimum atomic E-state index is -0.163. The van der Waals surface area contributed by atoms with E-state index >= 15 is 0 Å². The molecule has 0 bridgehead atoms. The minimum Gasteiger partial charge on any atom is -0.485 e. The van der Waals surface area contributed by atoms with Gasteiger partial charge >= 0.3 is 0 Å². The fourth-order valence-corrected chi connectivity index (χ4v) is 2.05. The van der Waals surface area contributed by atoms with E-state index in [1.54, 1.807) is 6.07 Å². The van der Waals surface area contributed by atoms with E-state index < -0.39 is 0 Å². The Balaban J connectivity index is 1.75. The van der Waals surface area contributed by atoms with Gasteiger partial charge in [-0.05, 0) is 30.7 Å². The zero-order valence-electron chi connectivity index (χ0n) is 11.1. The Kier molecular flexibility index (Phi) is 3.25.